The average Bonchev–Trinajstić information content (AvgIpc) is 2.78. The van der Waals surface area contributed by atoms with Crippen LogP contribution in [0, 0.1) is 6.92 Å². The van der Waals surface area contributed by atoms with Crippen LogP contribution in [0.2, 0.25) is 5.02 Å². The predicted molar refractivity (Wildman–Crippen MR) is 87.6 cm³/mol. The van der Waals surface area contributed by atoms with Crippen LogP contribution in [-0.4, -0.2) is 25.2 Å². The molecule has 0 radical (unpaired) electrons. The lowest BCUT2D eigenvalue weighted by atomic mass is 10.3. The molecule has 0 aliphatic heterocycles. The van der Waals surface area contributed by atoms with Gasteiger partial charge in [-0.1, -0.05) is 17.7 Å². The number of carbonyl (C=O) groups excluding carboxylic acids is 1. The fourth-order valence-electron chi connectivity index (χ4n) is 2.25. The van der Waals surface area contributed by atoms with Crippen molar-refractivity contribution in [3.05, 3.63) is 51.7 Å². The molecule has 3 aromatic rings. The summed E-state index contributed by atoms with van der Waals surface area (Å²) >= 11 is 5.87. The smallest absolute Gasteiger partial charge is 0.282 e. The Labute approximate surface area is 136 Å². The van der Waals surface area contributed by atoms with Gasteiger partial charge in [0, 0.05) is 17.8 Å². The van der Waals surface area contributed by atoms with Gasteiger partial charge in [-0.05, 0) is 25.1 Å². The van der Waals surface area contributed by atoms with Gasteiger partial charge < -0.3 is 5.32 Å². The summed E-state index contributed by atoms with van der Waals surface area (Å²) < 4.78 is 2.82. The molecule has 0 fully saturated rings. The Kier molecular flexibility index (Phi) is 3.87. The third-order valence-corrected chi connectivity index (χ3v) is 3.75. The van der Waals surface area contributed by atoms with Crippen LogP contribution >= 0.6 is 11.6 Å². The quantitative estimate of drug-likeness (QED) is 0.792. The van der Waals surface area contributed by atoms with Crippen molar-refractivity contribution in [1.29, 1.82) is 0 Å². The van der Waals surface area contributed by atoms with Crippen molar-refractivity contribution in [1.82, 2.24) is 19.3 Å². The molecule has 23 heavy (non-hydrogen) atoms. The van der Waals surface area contributed by atoms with E-state index in [9.17, 15) is 9.59 Å². The van der Waals surface area contributed by atoms with Crippen LogP contribution in [-0.2, 0) is 18.4 Å². The van der Waals surface area contributed by atoms with Gasteiger partial charge in [0.2, 0.25) is 5.91 Å². The molecule has 0 spiro atoms. The molecule has 0 saturated carbocycles. The second-order valence-electron chi connectivity index (χ2n) is 5.14. The SMILES string of the molecule is Cc1c2ncn(CC(=O)Nc3cccc(Cl)c3)c(=O)c2nn1C. The van der Waals surface area contributed by atoms with Crippen LogP contribution in [0.25, 0.3) is 11.0 Å². The number of benzene rings is 1. The number of nitrogens with one attached hydrogen (secondary N) is 1. The molecular formula is C15H14ClN5O2. The molecule has 2 heterocycles. The summed E-state index contributed by atoms with van der Waals surface area (Å²) in [5.74, 6) is -0.344. The summed E-state index contributed by atoms with van der Waals surface area (Å²) in [6.45, 7) is 1.68. The molecule has 2 aromatic heterocycles. The number of hydrogen-bond acceptors (Lipinski definition) is 4. The zero-order chi connectivity index (χ0) is 16.6. The van der Waals surface area contributed by atoms with E-state index in [1.807, 2.05) is 6.92 Å². The molecule has 1 aromatic carbocycles. The minimum Gasteiger partial charge on any atom is -0.324 e. The molecule has 0 atom stereocenters. The van der Waals surface area contributed by atoms with E-state index in [1.54, 1.807) is 36.0 Å². The summed E-state index contributed by atoms with van der Waals surface area (Å²) in [7, 11) is 1.74. The van der Waals surface area contributed by atoms with Crippen molar-refractivity contribution in [2.24, 2.45) is 7.05 Å². The van der Waals surface area contributed by atoms with Gasteiger partial charge in [-0.15, -0.1) is 0 Å². The van der Waals surface area contributed by atoms with E-state index >= 15 is 0 Å². The van der Waals surface area contributed by atoms with E-state index in [1.165, 1.54) is 10.9 Å². The summed E-state index contributed by atoms with van der Waals surface area (Å²) in [5, 5.41) is 7.35. The fourth-order valence-corrected chi connectivity index (χ4v) is 2.44. The summed E-state index contributed by atoms with van der Waals surface area (Å²) in [6.07, 6.45) is 1.36. The van der Waals surface area contributed by atoms with Crippen molar-refractivity contribution in [3.8, 4) is 0 Å². The van der Waals surface area contributed by atoms with Crippen LogP contribution in [0.15, 0.2) is 35.4 Å². The van der Waals surface area contributed by atoms with E-state index in [2.05, 4.69) is 15.4 Å². The van der Waals surface area contributed by atoms with E-state index in [4.69, 9.17) is 11.6 Å². The number of nitrogens with zero attached hydrogens (tertiary/aromatic N) is 4. The minimum atomic E-state index is -0.347. The van der Waals surface area contributed by atoms with E-state index in [0.717, 1.165) is 5.69 Å². The maximum Gasteiger partial charge on any atom is 0.282 e. The maximum absolute atomic E-state index is 12.4. The average molecular weight is 332 g/mol. The lowest BCUT2D eigenvalue weighted by molar-refractivity contribution is -0.116. The lowest BCUT2D eigenvalue weighted by Gasteiger charge is -2.07. The molecule has 1 N–H and O–H groups in total. The first-order chi connectivity index (χ1) is 11.0. The highest BCUT2D eigenvalue weighted by Crippen LogP contribution is 2.15. The molecule has 3 rings (SSSR count). The number of anilines is 1. The largest absolute Gasteiger partial charge is 0.324 e. The molecule has 0 aliphatic rings. The monoisotopic (exact) mass is 331 g/mol. The molecule has 0 unspecified atom stereocenters. The van der Waals surface area contributed by atoms with Crippen molar-refractivity contribution < 1.29 is 4.79 Å². The van der Waals surface area contributed by atoms with Crippen molar-refractivity contribution in [2.45, 2.75) is 13.5 Å². The Morgan fingerprint density at radius 3 is 2.87 bits per heavy atom. The van der Waals surface area contributed by atoms with E-state index in [-0.39, 0.29) is 23.5 Å². The van der Waals surface area contributed by atoms with Crippen molar-refractivity contribution in [2.75, 3.05) is 5.32 Å². The number of aromatic nitrogens is 4. The molecule has 118 valence electrons. The minimum absolute atomic E-state index is 0.149. The van der Waals surface area contributed by atoms with E-state index in [0.29, 0.717) is 16.2 Å². The molecule has 0 bridgehead atoms. The highest BCUT2D eigenvalue weighted by atomic mass is 35.5. The summed E-state index contributed by atoms with van der Waals surface area (Å²) in [5.41, 5.74) is 1.82. The van der Waals surface area contributed by atoms with Crippen molar-refractivity contribution >= 4 is 34.2 Å². The van der Waals surface area contributed by atoms with Crippen LogP contribution < -0.4 is 10.9 Å². The third kappa shape index (κ3) is 2.95. The van der Waals surface area contributed by atoms with Crippen LogP contribution in [0.5, 0.6) is 0 Å². The highest BCUT2D eigenvalue weighted by Gasteiger charge is 2.13. The molecule has 7 nitrogen and oxygen atoms in total. The molecular weight excluding hydrogens is 318 g/mol. The Morgan fingerprint density at radius 1 is 1.35 bits per heavy atom. The first-order valence-electron chi connectivity index (χ1n) is 6.90. The van der Waals surface area contributed by atoms with E-state index < -0.39 is 0 Å². The number of hydrogen-bond donors (Lipinski definition) is 1. The van der Waals surface area contributed by atoms with Crippen LogP contribution in [0.4, 0.5) is 5.69 Å². The van der Waals surface area contributed by atoms with Crippen LogP contribution in [0.1, 0.15) is 5.69 Å². The topological polar surface area (TPSA) is 81.8 Å². The second kappa shape index (κ2) is 5.85. The van der Waals surface area contributed by atoms with Gasteiger partial charge in [0.25, 0.3) is 5.56 Å². The molecule has 0 aliphatic carbocycles. The van der Waals surface area contributed by atoms with Gasteiger partial charge in [0.1, 0.15) is 12.1 Å². The van der Waals surface area contributed by atoms with Gasteiger partial charge in [-0.2, -0.15) is 5.10 Å². The molecule has 0 saturated heterocycles. The first-order valence-corrected chi connectivity index (χ1v) is 7.27. The van der Waals surface area contributed by atoms with Gasteiger partial charge in [0.05, 0.1) is 12.0 Å². The third-order valence-electron chi connectivity index (χ3n) is 3.51. The maximum atomic E-state index is 12.4. The number of amides is 1. The Bertz CT molecular complexity index is 960. The Morgan fingerprint density at radius 2 is 2.13 bits per heavy atom. The van der Waals surface area contributed by atoms with Gasteiger partial charge >= 0.3 is 0 Å². The number of carbonyl (C=O) groups is 1. The number of aryl methyl sites for hydroxylation is 2. The zero-order valence-corrected chi connectivity index (χ0v) is 13.3. The normalized spacial score (nSPS) is 10.9. The predicted octanol–water partition coefficient (Wildman–Crippen LogP) is 1.73. The summed E-state index contributed by atoms with van der Waals surface area (Å²) in [6, 6.07) is 6.79. The first kappa shape index (κ1) is 15.2. The lowest BCUT2D eigenvalue weighted by Crippen LogP contribution is -2.28. The van der Waals surface area contributed by atoms with Crippen LogP contribution in [0.3, 0.4) is 0 Å². The second-order valence-corrected chi connectivity index (χ2v) is 5.58. The van der Waals surface area contributed by atoms with Gasteiger partial charge in [0.15, 0.2) is 5.52 Å². The Balaban J connectivity index is 1.85. The molecule has 8 heteroatoms. The summed E-state index contributed by atoms with van der Waals surface area (Å²) in [4.78, 5) is 28.7. The fraction of sp³-hybridized carbons (Fsp3) is 0.200. The number of rotatable bonds is 3. The van der Waals surface area contributed by atoms with Crippen molar-refractivity contribution in [3.63, 3.8) is 0 Å². The number of halogens is 1. The standard InChI is InChI=1S/C15H14ClN5O2/c1-9-13-14(19-20(9)2)15(23)21(8-17-13)7-12(22)18-11-5-3-4-10(16)6-11/h3-6,8H,7H2,1-2H3,(H,18,22). The Hall–Kier alpha value is -2.67. The zero-order valence-electron chi connectivity index (χ0n) is 12.6. The number of fused-ring (bicyclic) bond motifs is 1. The molecule has 1 amide bonds. The highest BCUT2D eigenvalue weighted by molar-refractivity contribution is 6.30. The van der Waals surface area contributed by atoms with Gasteiger partial charge in [-0.25, -0.2) is 4.98 Å². The van der Waals surface area contributed by atoms with Gasteiger partial charge in [-0.3, -0.25) is 18.8 Å².